The molecule has 10 nitrogen and oxygen atoms in total. The molecule has 1 aromatic carbocycles. The summed E-state index contributed by atoms with van der Waals surface area (Å²) >= 11 is 4.85. The van der Waals surface area contributed by atoms with E-state index in [4.69, 9.17) is 14.2 Å². The predicted molar refractivity (Wildman–Crippen MR) is 144 cm³/mol. The van der Waals surface area contributed by atoms with Crippen LogP contribution in [0, 0.1) is 0 Å². The maximum Gasteiger partial charge on any atom is 0.407 e. The van der Waals surface area contributed by atoms with Crippen molar-refractivity contribution in [2.24, 2.45) is 4.99 Å². The van der Waals surface area contributed by atoms with Gasteiger partial charge < -0.3 is 24.4 Å². The van der Waals surface area contributed by atoms with E-state index in [9.17, 15) is 18.0 Å². The number of thioether (sulfide) groups is 1. The minimum Gasteiger partial charge on any atom is -0.490 e. The van der Waals surface area contributed by atoms with Crippen molar-refractivity contribution in [1.82, 2.24) is 5.32 Å². The number of nitrogens with zero attached hydrogens (tertiary/aromatic N) is 2. The number of ether oxygens (including phenoxy) is 3. The van der Waals surface area contributed by atoms with Crippen molar-refractivity contribution in [2.75, 3.05) is 36.2 Å². The van der Waals surface area contributed by atoms with Crippen LogP contribution in [-0.2, 0) is 19.4 Å². The number of amidine groups is 1. The van der Waals surface area contributed by atoms with Crippen LogP contribution in [0.4, 0.5) is 10.5 Å². The molecule has 0 radical (unpaired) electrons. The Hall–Kier alpha value is -1.99. The number of benzene rings is 1. The number of carbonyl (C=O) groups is 2. The predicted octanol–water partition coefficient (Wildman–Crippen LogP) is 3.76. The lowest BCUT2D eigenvalue weighted by Crippen LogP contribution is -2.38. The van der Waals surface area contributed by atoms with Crippen LogP contribution in [0.15, 0.2) is 21.6 Å². The van der Waals surface area contributed by atoms with Crippen molar-refractivity contribution in [1.29, 1.82) is 0 Å². The molecule has 1 aromatic rings. The van der Waals surface area contributed by atoms with Gasteiger partial charge in [-0.15, -0.1) is 0 Å². The lowest BCUT2D eigenvalue weighted by atomic mass is 10.2. The minimum atomic E-state index is -3.22. The van der Waals surface area contributed by atoms with Crippen molar-refractivity contribution in [3.8, 4) is 11.5 Å². The molecule has 0 unspecified atom stereocenters. The Morgan fingerprint density at radius 3 is 2.42 bits per heavy atom. The highest BCUT2D eigenvalue weighted by Gasteiger charge is 2.50. The van der Waals surface area contributed by atoms with Gasteiger partial charge in [-0.3, -0.25) is 4.79 Å². The number of fused-ring (bicyclic) bond motifs is 1. The van der Waals surface area contributed by atoms with E-state index in [1.165, 1.54) is 11.8 Å². The van der Waals surface area contributed by atoms with Gasteiger partial charge in [0.2, 0.25) is 5.91 Å². The first-order valence-corrected chi connectivity index (χ1v) is 15.2. The second-order valence-electron chi connectivity index (χ2n) is 9.25. The van der Waals surface area contributed by atoms with Gasteiger partial charge in [-0.2, -0.15) is 4.99 Å². The number of carbonyl (C=O) groups excluding carboxylic acids is 2. The summed E-state index contributed by atoms with van der Waals surface area (Å²) < 4.78 is 42.1. The van der Waals surface area contributed by atoms with E-state index in [0.29, 0.717) is 40.0 Å². The molecule has 2 aliphatic heterocycles. The van der Waals surface area contributed by atoms with Crippen LogP contribution in [0.3, 0.4) is 0 Å². The Morgan fingerprint density at radius 2 is 1.81 bits per heavy atom. The molecule has 200 valence electrons. The third-order valence-electron chi connectivity index (χ3n) is 5.17. The van der Waals surface area contributed by atoms with Crippen LogP contribution in [0.5, 0.6) is 11.5 Å². The third kappa shape index (κ3) is 7.28. The molecular weight excluding hydrogens is 574 g/mol. The van der Waals surface area contributed by atoms with E-state index < -0.39 is 27.4 Å². The van der Waals surface area contributed by atoms with Crippen LogP contribution in [0.25, 0.3) is 0 Å². The number of nitrogens with one attached hydrogen (secondary N) is 1. The number of aliphatic imine (C=N–C) groups is 1. The van der Waals surface area contributed by atoms with Crippen molar-refractivity contribution in [3.05, 3.63) is 16.6 Å². The van der Waals surface area contributed by atoms with Gasteiger partial charge in [0.15, 0.2) is 26.5 Å². The fourth-order valence-electron chi connectivity index (χ4n) is 3.84. The van der Waals surface area contributed by atoms with E-state index >= 15 is 0 Å². The fraction of sp³-hybridized carbons (Fsp3) is 0.609. The summed E-state index contributed by atoms with van der Waals surface area (Å²) in [5.74, 6) is 0.605. The van der Waals surface area contributed by atoms with E-state index in [1.807, 2.05) is 13.8 Å². The Labute approximate surface area is 224 Å². The number of halogens is 1. The fourth-order valence-corrected chi connectivity index (χ4v) is 8.28. The molecule has 2 aliphatic rings. The number of amides is 2. The molecule has 1 N–H and O–H groups in total. The highest BCUT2D eigenvalue weighted by Crippen LogP contribution is 2.46. The average molecular weight is 607 g/mol. The van der Waals surface area contributed by atoms with Crippen molar-refractivity contribution in [3.63, 3.8) is 0 Å². The summed E-state index contributed by atoms with van der Waals surface area (Å²) in [6.07, 6.45) is -0.638. The molecule has 36 heavy (non-hydrogen) atoms. The zero-order valence-electron chi connectivity index (χ0n) is 21.0. The molecule has 2 fully saturated rings. The van der Waals surface area contributed by atoms with Crippen molar-refractivity contribution in [2.45, 2.75) is 57.9 Å². The van der Waals surface area contributed by atoms with Gasteiger partial charge >= 0.3 is 6.09 Å². The lowest BCUT2D eigenvalue weighted by Gasteiger charge is -2.27. The molecule has 2 saturated heterocycles. The average Bonchev–Trinajstić information content (AvgIpc) is 3.19. The molecule has 2 atom stereocenters. The van der Waals surface area contributed by atoms with Gasteiger partial charge in [0.25, 0.3) is 0 Å². The maximum absolute atomic E-state index is 12.7. The third-order valence-corrected chi connectivity index (χ3v) is 9.01. The Morgan fingerprint density at radius 1 is 1.17 bits per heavy atom. The number of rotatable bonds is 8. The second kappa shape index (κ2) is 11.6. The SMILES string of the molecule is CCOc1cc(Br)c(N2C(=NC(=O)CCNC(=O)OC(C)(C)C)S[C@H]3CS(=O)(=O)C[C@@H]32)cc1OCC. The minimum absolute atomic E-state index is 0.0131. The second-order valence-corrected chi connectivity index (χ2v) is 13.5. The number of hydrogen-bond acceptors (Lipinski definition) is 8. The summed E-state index contributed by atoms with van der Waals surface area (Å²) in [4.78, 5) is 30.6. The Bertz CT molecular complexity index is 1140. The largest absolute Gasteiger partial charge is 0.490 e. The number of anilines is 1. The molecule has 0 bridgehead atoms. The molecule has 2 heterocycles. The van der Waals surface area contributed by atoms with Gasteiger partial charge in [0.1, 0.15) is 5.60 Å². The monoisotopic (exact) mass is 605 g/mol. The number of hydrogen-bond donors (Lipinski definition) is 1. The molecule has 2 amide bonds. The van der Waals surface area contributed by atoms with E-state index in [1.54, 1.807) is 37.8 Å². The molecule has 0 aliphatic carbocycles. The van der Waals surface area contributed by atoms with Gasteiger partial charge in [0.05, 0.1) is 36.4 Å². The Balaban J connectivity index is 1.86. The summed E-state index contributed by atoms with van der Waals surface area (Å²) in [5, 5.41) is 2.71. The van der Waals surface area contributed by atoms with Gasteiger partial charge in [0, 0.05) is 34.8 Å². The highest BCUT2D eigenvalue weighted by atomic mass is 79.9. The summed E-state index contributed by atoms with van der Waals surface area (Å²) in [7, 11) is -3.22. The van der Waals surface area contributed by atoms with Gasteiger partial charge in [-0.1, -0.05) is 11.8 Å². The summed E-state index contributed by atoms with van der Waals surface area (Å²) in [6, 6.07) is 3.17. The molecule has 0 aromatic heterocycles. The maximum atomic E-state index is 12.7. The standard InChI is InChI=1S/C23H32BrN3O7S2/c1-6-32-17-10-14(24)15(11-18(17)33-7-2)27-16-12-36(30,31)13-19(16)35-21(27)26-20(28)8-9-25-22(29)34-23(3,4)5/h10-11,16,19H,6-9,12-13H2,1-5H3,(H,25,29)/t16-,19-/m0/s1. The summed E-state index contributed by atoms with van der Waals surface area (Å²) in [5.41, 5.74) is -0.00349. The van der Waals surface area contributed by atoms with E-state index in [-0.39, 0.29) is 35.8 Å². The Kier molecular flexibility index (Phi) is 9.20. The van der Waals surface area contributed by atoms with Crippen LogP contribution in [0.1, 0.15) is 41.0 Å². The van der Waals surface area contributed by atoms with Crippen LogP contribution >= 0.6 is 27.7 Å². The van der Waals surface area contributed by atoms with Crippen LogP contribution in [0.2, 0.25) is 0 Å². The van der Waals surface area contributed by atoms with E-state index in [2.05, 4.69) is 26.2 Å². The first kappa shape index (κ1) is 28.6. The summed E-state index contributed by atoms with van der Waals surface area (Å²) in [6.45, 7) is 9.93. The molecule has 13 heteroatoms. The smallest absolute Gasteiger partial charge is 0.407 e. The van der Waals surface area contributed by atoms with Crippen LogP contribution in [-0.4, -0.2) is 73.7 Å². The zero-order chi connectivity index (χ0) is 26.7. The number of sulfone groups is 1. The topological polar surface area (TPSA) is 124 Å². The normalized spacial score (nSPS) is 21.8. The van der Waals surface area contributed by atoms with Crippen molar-refractivity contribution >= 4 is 60.4 Å². The molecule has 3 rings (SSSR count). The quantitative estimate of drug-likeness (QED) is 0.471. The first-order chi connectivity index (χ1) is 16.8. The van der Waals surface area contributed by atoms with Crippen LogP contribution < -0.4 is 19.7 Å². The number of alkyl carbamates (subject to hydrolysis) is 1. The molecular formula is C23H32BrN3O7S2. The molecule has 0 spiro atoms. The lowest BCUT2D eigenvalue weighted by molar-refractivity contribution is -0.117. The first-order valence-electron chi connectivity index (χ1n) is 11.7. The van der Waals surface area contributed by atoms with Crippen molar-refractivity contribution < 1.29 is 32.2 Å². The molecule has 0 saturated carbocycles. The zero-order valence-corrected chi connectivity index (χ0v) is 24.2. The van der Waals surface area contributed by atoms with Gasteiger partial charge in [-0.05, 0) is 50.5 Å². The highest BCUT2D eigenvalue weighted by molar-refractivity contribution is 9.10. The van der Waals surface area contributed by atoms with Gasteiger partial charge in [-0.25, -0.2) is 13.2 Å². The van der Waals surface area contributed by atoms with E-state index in [0.717, 1.165) is 0 Å².